The Labute approximate surface area is 124 Å². The van der Waals surface area contributed by atoms with E-state index in [2.05, 4.69) is 4.90 Å². The van der Waals surface area contributed by atoms with Crippen LogP contribution in [0.2, 0.25) is 0 Å². The number of nitrogens with two attached hydrogens (primary N) is 1. The van der Waals surface area contributed by atoms with Crippen molar-refractivity contribution < 1.29 is 18.3 Å². The summed E-state index contributed by atoms with van der Waals surface area (Å²) in [7, 11) is 3.27. The van der Waals surface area contributed by atoms with Crippen LogP contribution >= 0.6 is 0 Å². The molecular formula is C15H24F2N2O2. The number of ether oxygens (including phenoxy) is 2. The van der Waals surface area contributed by atoms with Gasteiger partial charge in [-0.15, -0.1) is 0 Å². The Morgan fingerprint density at radius 3 is 2.52 bits per heavy atom. The van der Waals surface area contributed by atoms with E-state index in [-0.39, 0.29) is 5.56 Å². The molecule has 2 N–H and O–H groups in total. The Hall–Kier alpha value is -1.08. The summed E-state index contributed by atoms with van der Waals surface area (Å²) in [6.07, 6.45) is 0.846. The van der Waals surface area contributed by atoms with Crippen LogP contribution in [0.25, 0.3) is 0 Å². The standard InChI is InChI=1S/C15H24F2N2O2/c1-20-8-3-6-19(7-9-21-2)11-15(18)13-10-12(16)4-5-14(13)17/h4-5,10,15H,3,6-9,11,18H2,1-2H3. The van der Waals surface area contributed by atoms with Gasteiger partial charge in [-0.25, -0.2) is 8.78 Å². The lowest BCUT2D eigenvalue weighted by atomic mass is 10.1. The van der Waals surface area contributed by atoms with Gasteiger partial charge in [-0.3, -0.25) is 4.90 Å². The molecule has 1 atom stereocenters. The van der Waals surface area contributed by atoms with Crippen LogP contribution in [0, 0.1) is 11.6 Å². The molecule has 0 aliphatic heterocycles. The van der Waals surface area contributed by atoms with Gasteiger partial charge in [0.2, 0.25) is 0 Å². The summed E-state index contributed by atoms with van der Waals surface area (Å²) in [5, 5.41) is 0. The molecule has 0 radical (unpaired) electrons. The maximum atomic E-state index is 13.7. The Kier molecular flexibility index (Phi) is 8.37. The number of benzene rings is 1. The number of hydrogen-bond acceptors (Lipinski definition) is 4. The number of halogens is 2. The summed E-state index contributed by atoms with van der Waals surface area (Å²) in [6.45, 7) is 3.10. The van der Waals surface area contributed by atoms with E-state index in [0.717, 1.165) is 31.2 Å². The van der Waals surface area contributed by atoms with Gasteiger partial charge in [-0.05, 0) is 24.6 Å². The van der Waals surface area contributed by atoms with E-state index in [0.29, 0.717) is 26.3 Å². The van der Waals surface area contributed by atoms with E-state index < -0.39 is 17.7 Å². The van der Waals surface area contributed by atoms with Crippen molar-refractivity contribution in [2.24, 2.45) is 5.73 Å². The summed E-state index contributed by atoms with van der Waals surface area (Å²) < 4.78 is 37.0. The van der Waals surface area contributed by atoms with Crippen LogP contribution < -0.4 is 5.73 Å². The summed E-state index contributed by atoms with van der Waals surface area (Å²) in [4.78, 5) is 2.07. The molecule has 0 aromatic heterocycles. The Bertz CT molecular complexity index is 419. The molecule has 0 bridgehead atoms. The van der Waals surface area contributed by atoms with Crippen molar-refractivity contribution >= 4 is 0 Å². The second-order valence-corrected chi connectivity index (χ2v) is 4.91. The third kappa shape index (κ3) is 6.48. The first-order valence-corrected chi connectivity index (χ1v) is 6.99. The zero-order valence-electron chi connectivity index (χ0n) is 12.6. The van der Waals surface area contributed by atoms with Gasteiger partial charge in [0.15, 0.2) is 0 Å². The number of methoxy groups -OCH3 is 2. The van der Waals surface area contributed by atoms with Crippen molar-refractivity contribution in [1.82, 2.24) is 4.90 Å². The van der Waals surface area contributed by atoms with Crippen molar-refractivity contribution in [3.05, 3.63) is 35.4 Å². The second-order valence-electron chi connectivity index (χ2n) is 4.91. The average molecular weight is 302 g/mol. The first kappa shape index (κ1) is 18.0. The number of nitrogens with zero attached hydrogens (tertiary/aromatic N) is 1. The highest BCUT2D eigenvalue weighted by Gasteiger charge is 2.16. The van der Waals surface area contributed by atoms with Gasteiger partial charge in [-0.1, -0.05) is 0 Å². The largest absolute Gasteiger partial charge is 0.385 e. The maximum Gasteiger partial charge on any atom is 0.128 e. The van der Waals surface area contributed by atoms with Crippen molar-refractivity contribution in [2.75, 3.05) is 47.1 Å². The monoisotopic (exact) mass is 302 g/mol. The van der Waals surface area contributed by atoms with Gasteiger partial charge in [-0.2, -0.15) is 0 Å². The fourth-order valence-electron chi connectivity index (χ4n) is 2.12. The predicted molar refractivity (Wildman–Crippen MR) is 78.1 cm³/mol. The van der Waals surface area contributed by atoms with E-state index in [1.807, 2.05) is 0 Å². The topological polar surface area (TPSA) is 47.7 Å². The molecule has 120 valence electrons. The lowest BCUT2D eigenvalue weighted by Crippen LogP contribution is -2.36. The van der Waals surface area contributed by atoms with Crippen molar-refractivity contribution in [3.63, 3.8) is 0 Å². The lowest BCUT2D eigenvalue weighted by Gasteiger charge is -2.25. The van der Waals surface area contributed by atoms with Gasteiger partial charge in [0.05, 0.1) is 6.61 Å². The third-order valence-corrected chi connectivity index (χ3v) is 3.25. The number of hydrogen-bond donors (Lipinski definition) is 1. The maximum absolute atomic E-state index is 13.7. The minimum absolute atomic E-state index is 0.198. The van der Waals surface area contributed by atoms with E-state index >= 15 is 0 Å². The van der Waals surface area contributed by atoms with Crippen LogP contribution in [0.1, 0.15) is 18.0 Å². The molecule has 1 aromatic carbocycles. The smallest absolute Gasteiger partial charge is 0.128 e. The third-order valence-electron chi connectivity index (χ3n) is 3.25. The van der Waals surface area contributed by atoms with Crippen LogP contribution in [-0.4, -0.2) is 52.0 Å². The molecule has 21 heavy (non-hydrogen) atoms. The Morgan fingerprint density at radius 2 is 1.86 bits per heavy atom. The van der Waals surface area contributed by atoms with E-state index in [1.54, 1.807) is 14.2 Å². The molecule has 0 spiro atoms. The molecule has 4 nitrogen and oxygen atoms in total. The van der Waals surface area contributed by atoms with Crippen LogP contribution in [-0.2, 0) is 9.47 Å². The van der Waals surface area contributed by atoms with Gasteiger partial charge < -0.3 is 15.2 Å². The van der Waals surface area contributed by atoms with E-state index in [1.165, 1.54) is 0 Å². The zero-order chi connectivity index (χ0) is 15.7. The lowest BCUT2D eigenvalue weighted by molar-refractivity contribution is 0.129. The predicted octanol–water partition coefficient (Wildman–Crippen LogP) is 1.95. The fraction of sp³-hybridized carbons (Fsp3) is 0.600. The minimum Gasteiger partial charge on any atom is -0.385 e. The molecular weight excluding hydrogens is 278 g/mol. The van der Waals surface area contributed by atoms with Crippen LogP contribution in [0.4, 0.5) is 8.78 Å². The van der Waals surface area contributed by atoms with Gasteiger partial charge in [0.25, 0.3) is 0 Å². The molecule has 0 heterocycles. The quantitative estimate of drug-likeness (QED) is 0.671. The van der Waals surface area contributed by atoms with Gasteiger partial charge in [0, 0.05) is 52.1 Å². The molecule has 1 rings (SSSR count). The molecule has 0 saturated carbocycles. The highest BCUT2D eigenvalue weighted by atomic mass is 19.1. The highest BCUT2D eigenvalue weighted by Crippen LogP contribution is 2.17. The van der Waals surface area contributed by atoms with Crippen molar-refractivity contribution in [2.45, 2.75) is 12.5 Å². The zero-order valence-corrected chi connectivity index (χ0v) is 12.6. The molecule has 0 amide bonds. The molecule has 0 saturated heterocycles. The molecule has 1 aromatic rings. The summed E-state index contributed by atoms with van der Waals surface area (Å²) >= 11 is 0. The summed E-state index contributed by atoms with van der Waals surface area (Å²) in [5.74, 6) is -0.961. The van der Waals surface area contributed by atoms with Crippen LogP contribution in [0.3, 0.4) is 0 Å². The van der Waals surface area contributed by atoms with Crippen molar-refractivity contribution in [3.8, 4) is 0 Å². The Morgan fingerprint density at radius 1 is 1.14 bits per heavy atom. The molecule has 1 unspecified atom stereocenters. The molecule has 0 fully saturated rings. The van der Waals surface area contributed by atoms with Crippen LogP contribution in [0.5, 0.6) is 0 Å². The Balaban J connectivity index is 2.64. The molecule has 6 heteroatoms. The highest BCUT2D eigenvalue weighted by molar-refractivity contribution is 5.22. The first-order chi connectivity index (χ1) is 10.1. The fourth-order valence-corrected chi connectivity index (χ4v) is 2.12. The van der Waals surface area contributed by atoms with E-state index in [9.17, 15) is 8.78 Å². The summed E-state index contributed by atoms with van der Waals surface area (Å²) in [6, 6.07) is 2.77. The van der Waals surface area contributed by atoms with Crippen LogP contribution in [0.15, 0.2) is 18.2 Å². The minimum atomic E-state index is -0.583. The number of rotatable bonds is 10. The molecule has 0 aliphatic rings. The normalized spacial score (nSPS) is 12.9. The molecule has 0 aliphatic carbocycles. The van der Waals surface area contributed by atoms with Crippen molar-refractivity contribution in [1.29, 1.82) is 0 Å². The average Bonchev–Trinajstić information content (AvgIpc) is 2.47. The van der Waals surface area contributed by atoms with E-state index in [4.69, 9.17) is 15.2 Å². The summed E-state index contributed by atoms with van der Waals surface area (Å²) in [5.41, 5.74) is 6.22. The first-order valence-electron chi connectivity index (χ1n) is 6.99. The SMILES string of the molecule is COCCCN(CCOC)CC(N)c1cc(F)ccc1F. The van der Waals surface area contributed by atoms with Gasteiger partial charge >= 0.3 is 0 Å². The van der Waals surface area contributed by atoms with Gasteiger partial charge in [0.1, 0.15) is 11.6 Å². The second kappa shape index (κ2) is 9.78.